The second kappa shape index (κ2) is 5.09. The molecule has 9 heteroatoms. The Morgan fingerprint density at radius 3 is 2.81 bits per heavy atom. The highest BCUT2D eigenvalue weighted by Gasteiger charge is 2.20. The second-order valence-corrected chi connectivity index (χ2v) is 6.68. The fraction of sp³-hybridized carbons (Fsp3) is 0.429. The summed E-state index contributed by atoms with van der Waals surface area (Å²) in [7, 11) is -3.67. The predicted octanol–water partition coefficient (Wildman–Crippen LogP) is 0.339. The molecule has 1 atom stereocenters. The van der Waals surface area contributed by atoms with E-state index < -0.39 is 22.0 Å². The smallest absolute Gasteiger partial charge is 0.251 e. The van der Waals surface area contributed by atoms with Gasteiger partial charge in [0, 0.05) is 12.5 Å². The highest BCUT2D eigenvalue weighted by molar-refractivity contribution is 7.91. The Hall–Kier alpha value is -0.700. The number of nitrogens with one attached hydrogen (secondary N) is 1. The van der Waals surface area contributed by atoms with Crippen LogP contribution in [0.15, 0.2) is 10.4 Å². The number of nitrogens with two attached hydrogens (primary N) is 1. The molecule has 0 saturated carbocycles. The molecule has 1 unspecified atom stereocenters. The first-order chi connectivity index (χ1) is 7.31. The van der Waals surface area contributed by atoms with Gasteiger partial charge in [-0.25, -0.2) is 18.1 Å². The first kappa shape index (κ1) is 13.4. The second-order valence-electron chi connectivity index (χ2n) is 3.13. The van der Waals surface area contributed by atoms with Gasteiger partial charge in [0.1, 0.15) is 0 Å². The van der Waals surface area contributed by atoms with Crippen LogP contribution in [0.1, 0.15) is 13.3 Å². The lowest BCUT2D eigenvalue weighted by molar-refractivity contribution is -0.118. The van der Waals surface area contributed by atoms with Crippen molar-refractivity contribution in [3.8, 4) is 0 Å². The first-order valence-corrected chi connectivity index (χ1v) is 6.91. The standard InChI is InChI=1S/C7H10ClN3O3S2/c1-4(2-5(9)12)11-16(13,14)6-3-10-7(8)15-6/h3-4,11H,2H2,1H3,(H2,9,12). The SMILES string of the molecule is CC(CC(N)=O)NS(=O)(=O)c1cnc(Cl)s1. The largest absolute Gasteiger partial charge is 0.370 e. The maximum Gasteiger partial charge on any atom is 0.251 e. The minimum absolute atomic E-state index is 0.00817. The molecule has 0 aliphatic carbocycles. The van der Waals surface area contributed by atoms with Crippen molar-refractivity contribution in [1.82, 2.24) is 9.71 Å². The number of carbonyl (C=O) groups excluding carboxylic acids is 1. The number of amides is 1. The van der Waals surface area contributed by atoms with Crippen molar-refractivity contribution in [1.29, 1.82) is 0 Å². The fourth-order valence-electron chi connectivity index (χ4n) is 1.03. The Balaban J connectivity index is 2.76. The van der Waals surface area contributed by atoms with Crippen molar-refractivity contribution in [3.05, 3.63) is 10.7 Å². The van der Waals surface area contributed by atoms with Gasteiger partial charge in [-0.1, -0.05) is 22.9 Å². The zero-order valence-corrected chi connectivity index (χ0v) is 10.7. The summed E-state index contributed by atoms with van der Waals surface area (Å²) in [5.74, 6) is -0.572. The minimum atomic E-state index is -3.67. The summed E-state index contributed by atoms with van der Waals surface area (Å²) in [6.07, 6.45) is 1.10. The minimum Gasteiger partial charge on any atom is -0.370 e. The summed E-state index contributed by atoms with van der Waals surface area (Å²) in [5.41, 5.74) is 4.95. The molecule has 90 valence electrons. The van der Waals surface area contributed by atoms with Gasteiger partial charge in [-0.2, -0.15) is 0 Å². The van der Waals surface area contributed by atoms with E-state index in [1.54, 1.807) is 6.92 Å². The van der Waals surface area contributed by atoms with E-state index in [0.717, 1.165) is 17.5 Å². The van der Waals surface area contributed by atoms with E-state index in [4.69, 9.17) is 17.3 Å². The quantitative estimate of drug-likeness (QED) is 0.813. The topological polar surface area (TPSA) is 102 Å². The zero-order chi connectivity index (χ0) is 12.3. The number of hydrogen-bond donors (Lipinski definition) is 2. The van der Waals surface area contributed by atoms with Gasteiger partial charge in [-0.15, -0.1) is 0 Å². The molecule has 0 fully saturated rings. The number of halogens is 1. The van der Waals surface area contributed by atoms with Crippen molar-refractivity contribution < 1.29 is 13.2 Å². The molecule has 1 aromatic heterocycles. The molecular weight excluding hydrogens is 274 g/mol. The third-order valence-electron chi connectivity index (χ3n) is 1.58. The van der Waals surface area contributed by atoms with E-state index in [-0.39, 0.29) is 15.1 Å². The third-order valence-corrected chi connectivity index (χ3v) is 4.75. The van der Waals surface area contributed by atoms with Gasteiger partial charge in [-0.3, -0.25) is 4.79 Å². The van der Waals surface area contributed by atoms with Crippen LogP contribution in [-0.2, 0) is 14.8 Å². The lowest BCUT2D eigenvalue weighted by atomic mass is 10.2. The molecule has 0 aliphatic rings. The summed E-state index contributed by atoms with van der Waals surface area (Å²) in [4.78, 5) is 14.2. The Morgan fingerprint density at radius 2 is 2.38 bits per heavy atom. The van der Waals surface area contributed by atoms with Crippen molar-refractivity contribution in [2.45, 2.75) is 23.6 Å². The van der Waals surface area contributed by atoms with Gasteiger partial charge < -0.3 is 5.73 Å². The molecule has 1 amide bonds. The van der Waals surface area contributed by atoms with E-state index in [2.05, 4.69) is 9.71 Å². The maximum atomic E-state index is 11.7. The molecule has 0 aliphatic heterocycles. The van der Waals surface area contributed by atoms with Crippen LogP contribution in [0.3, 0.4) is 0 Å². The number of thiazole rings is 1. The van der Waals surface area contributed by atoms with Crippen LogP contribution in [0.5, 0.6) is 0 Å². The van der Waals surface area contributed by atoms with Crippen LogP contribution < -0.4 is 10.5 Å². The van der Waals surface area contributed by atoms with Crippen LogP contribution in [0.4, 0.5) is 0 Å². The lowest BCUT2D eigenvalue weighted by Gasteiger charge is -2.10. The van der Waals surface area contributed by atoms with Gasteiger partial charge in [0.2, 0.25) is 5.91 Å². The van der Waals surface area contributed by atoms with E-state index in [9.17, 15) is 13.2 Å². The number of rotatable bonds is 5. The average Bonchev–Trinajstić information content (AvgIpc) is 2.49. The van der Waals surface area contributed by atoms with E-state index in [1.165, 1.54) is 0 Å². The van der Waals surface area contributed by atoms with Crippen LogP contribution >= 0.6 is 22.9 Å². The molecule has 0 saturated heterocycles. The number of hydrogen-bond acceptors (Lipinski definition) is 5. The Kier molecular flexibility index (Phi) is 4.25. The summed E-state index contributed by atoms with van der Waals surface area (Å²) in [5, 5.41) is 0. The fourth-order valence-corrected chi connectivity index (χ4v) is 3.58. The monoisotopic (exact) mass is 283 g/mol. The maximum absolute atomic E-state index is 11.7. The molecule has 3 N–H and O–H groups in total. The molecule has 0 spiro atoms. The van der Waals surface area contributed by atoms with Crippen molar-refractivity contribution >= 4 is 38.9 Å². The highest BCUT2D eigenvalue weighted by Crippen LogP contribution is 2.22. The van der Waals surface area contributed by atoms with Crippen molar-refractivity contribution in [2.24, 2.45) is 5.73 Å². The Morgan fingerprint density at radius 1 is 1.75 bits per heavy atom. The third kappa shape index (κ3) is 3.71. The van der Waals surface area contributed by atoms with Crippen LogP contribution in [0.2, 0.25) is 4.47 Å². The van der Waals surface area contributed by atoms with Crippen LogP contribution in [0, 0.1) is 0 Å². The van der Waals surface area contributed by atoms with Gasteiger partial charge >= 0.3 is 0 Å². The molecular formula is C7H10ClN3O3S2. The summed E-state index contributed by atoms with van der Waals surface area (Å²) < 4.78 is 25.8. The number of carbonyl (C=O) groups is 1. The van der Waals surface area contributed by atoms with Gasteiger partial charge in [0.05, 0.1) is 6.20 Å². The normalized spacial score (nSPS) is 13.6. The highest BCUT2D eigenvalue weighted by atomic mass is 35.5. The van der Waals surface area contributed by atoms with Crippen molar-refractivity contribution in [2.75, 3.05) is 0 Å². The van der Waals surface area contributed by atoms with E-state index in [0.29, 0.717) is 0 Å². The number of primary amides is 1. The van der Waals surface area contributed by atoms with Crippen molar-refractivity contribution in [3.63, 3.8) is 0 Å². The van der Waals surface area contributed by atoms with Crippen LogP contribution in [-0.4, -0.2) is 25.4 Å². The number of nitrogens with zero attached hydrogens (tertiary/aromatic N) is 1. The Labute approximate surface area is 102 Å². The number of sulfonamides is 1. The van der Waals surface area contributed by atoms with Gasteiger partial charge in [0.15, 0.2) is 8.68 Å². The molecule has 0 aromatic carbocycles. The predicted molar refractivity (Wildman–Crippen MR) is 60.7 cm³/mol. The van der Waals surface area contributed by atoms with E-state index >= 15 is 0 Å². The molecule has 0 bridgehead atoms. The lowest BCUT2D eigenvalue weighted by Crippen LogP contribution is -2.35. The summed E-state index contributed by atoms with van der Waals surface area (Å²) >= 11 is 6.37. The molecule has 1 rings (SSSR count). The van der Waals surface area contributed by atoms with Gasteiger partial charge in [-0.05, 0) is 6.92 Å². The summed E-state index contributed by atoms with van der Waals surface area (Å²) in [6, 6.07) is -0.566. The number of aromatic nitrogens is 1. The van der Waals surface area contributed by atoms with Gasteiger partial charge in [0.25, 0.3) is 10.0 Å². The average molecular weight is 284 g/mol. The molecule has 6 nitrogen and oxygen atoms in total. The first-order valence-electron chi connectivity index (χ1n) is 4.23. The molecule has 1 aromatic rings. The summed E-state index contributed by atoms with van der Waals surface area (Å²) in [6.45, 7) is 1.55. The Bertz CT molecular complexity index is 485. The molecule has 1 heterocycles. The zero-order valence-electron chi connectivity index (χ0n) is 8.31. The molecule has 0 radical (unpaired) electrons. The van der Waals surface area contributed by atoms with E-state index in [1.807, 2.05) is 0 Å². The van der Waals surface area contributed by atoms with Crippen LogP contribution in [0.25, 0.3) is 0 Å². The molecule has 16 heavy (non-hydrogen) atoms.